The third-order valence-corrected chi connectivity index (χ3v) is 2.89. The first-order valence-electron chi connectivity index (χ1n) is 5.90. The Kier molecular flexibility index (Phi) is 2.94. The van der Waals surface area contributed by atoms with Crippen LogP contribution >= 0.6 is 0 Å². The number of benzene rings is 2. The minimum absolute atomic E-state index is 0.00403. The molecule has 2 aromatic carbocycles. The summed E-state index contributed by atoms with van der Waals surface area (Å²) < 4.78 is 18.2. The maximum atomic E-state index is 13.2. The second kappa shape index (κ2) is 4.78. The van der Waals surface area contributed by atoms with Crippen molar-refractivity contribution in [3.8, 4) is 11.5 Å². The van der Waals surface area contributed by atoms with Crippen LogP contribution < -0.4 is 5.63 Å². The van der Waals surface area contributed by atoms with E-state index < -0.39 is 16.4 Å². The molecular formula is C14H7FN2O4. The number of fused-ring (bicyclic) bond motifs is 1. The summed E-state index contributed by atoms with van der Waals surface area (Å²) in [7, 11) is 0. The summed E-state index contributed by atoms with van der Waals surface area (Å²) in [5, 5.41) is 10.7. The molecule has 7 heteroatoms. The molecule has 21 heavy (non-hydrogen) atoms. The molecule has 0 aliphatic carbocycles. The standard InChI is InChI=1S/C14H7FN2O4/c15-9-3-1-2-8(6-9)13-16-12-5-4-10(17(19)20)7-11(12)14(18)21-13/h1-7H. The second-order valence-corrected chi connectivity index (χ2v) is 4.28. The monoisotopic (exact) mass is 286 g/mol. The molecule has 3 aromatic rings. The fourth-order valence-electron chi connectivity index (χ4n) is 1.92. The van der Waals surface area contributed by atoms with Gasteiger partial charge in [-0.25, -0.2) is 14.2 Å². The van der Waals surface area contributed by atoms with Crippen LogP contribution in [0.5, 0.6) is 0 Å². The van der Waals surface area contributed by atoms with Crippen LogP contribution in [0, 0.1) is 15.9 Å². The number of non-ortho nitro benzene ring substituents is 1. The summed E-state index contributed by atoms with van der Waals surface area (Å²) in [4.78, 5) is 26.1. The number of halogens is 1. The molecule has 1 heterocycles. The van der Waals surface area contributed by atoms with Crippen molar-refractivity contribution < 1.29 is 13.7 Å². The Bertz CT molecular complexity index is 920. The van der Waals surface area contributed by atoms with E-state index in [9.17, 15) is 19.3 Å². The maximum Gasteiger partial charge on any atom is 0.347 e. The Morgan fingerprint density at radius 3 is 2.71 bits per heavy atom. The van der Waals surface area contributed by atoms with Crippen molar-refractivity contribution in [3.05, 3.63) is 68.8 Å². The normalized spacial score (nSPS) is 10.7. The number of rotatable bonds is 2. The van der Waals surface area contributed by atoms with Gasteiger partial charge in [0.15, 0.2) is 0 Å². The molecular weight excluding hydrogens is 279 g/mol. The number of hydrogen-bond acceptors (Lipinski definition) is 5. The average Bonchev–Trinajstić information content (AvgIpc) is 2.46. The molecule has 0 N–H and O–H groups in total. The molecule has 0 spiro atoms. The molecule has 0 radical (unpaired) electrons. The zero-order chi connectivity index (χ0) is 15.0. The Morgan fingerprint density at radius 2 is 2.00 bits per heavy atom. The van der Waals surface area contributed by atoms with Crippen molar-refractivity contribution in [2.75, 3.05) is 0 Å². The van der Waals surface area contributed by atoms with Crippen LogP contribution in [-0.2, 0) is 0 Å². The van der Waals surface area contributed by atoms with Gasteiger partial charge in [-0.3, -0.25) is 10.1 Å². The van der Waals surface area contributed by atoms with Gasteiger partial charge in [0, 0.05) is 17.7 Å². The van der Waals surface area contributed by atoms with Crippen LogP contribution in [0.25, 0.3) is 22.4 Å². The molecule has 0 aliphatic heterocycles. The highest BCUT2D eigenvalue weighted by Gasteiger charge is 2.13. The van der Waals surface area contributed by atoms with Gasteiger partial charge >= 0.3 is 5.63 Å². The third kappa shape index (κ3) is 2.36. The van der Waals surface area contributed by atoms with Crippen molar-refractivity contribution >= 4 is 16.6 Å². The van der Waals surface area contributed by atoms with Gasteiger partial charge in [-0.1, -0.05) is 6.07 Å². The Labute approximate surface area is 116 Å². The topological polar surface area (TPSA) is 86.2 Å². The summed E-state index contributed by atoms with van der Waals surface area (Å²) in [5.74, 6) is -0.526. The van der Waals surface area contributed by atoms with Gasteiger partial charge in [-0.05, 0) is 24.3 Å². The summed E-state index contributed by atoms with van der Waals surface area (Å²) in [6, 6.07) is 9.15. The highest BCUT2D eigenvalue weighted by atomic mass is 19.1. The van der Waals surface area contributed by atoms with Crippen molar-refractivity contribution in [2.45, 2.75) is 0 Å². The molecule has 0 fully saturated rings. The summed E-state index contributed by atoms with van der Waals surface area (Å²) in [5.41, 5.74) is -0.429. The van der Waals surface area contributed by atoms with Gasteiger partial charge in [0.25, 0.3) is 5.69 Å². The molecule has 0 amide bonds. The minimum atomic E-state index is -0.761. The zero-order valence-electron chi connectivity index (χ0n) is 10.4. The van der Waals surface area contributed by atoms with Crippen LogP contribution in [-0.4, -0.2) is 9.91 Å². The van der Waals surface area contributed by atoms with E-state index in [2.05, 4.69) is 4.98 Å². The fraction of sp³-hybridized carbons (Fsp3) is 0. The first kappa shape index (κ1) is 12.9. The van der Waals surface area contributed by atoms with Crippen LogP contribution in [0.4, 0.5) is 10.1 Å². The predicted octanol–water partition coefficient (Wildman–Crippen LogP) is 2.90. The molecule has 1 aromatic heterocycles. The zero-order valence-corrected chi connectivity index (χ0v) is 10.4. The lowest BCUT2D eigenvalue weighted by Gasteiger charge is -2.01. The summed E-state index contributed by atoms with van der Waals surface area (Å²) in [6.07, 6.45) is 0. The molecule has 0 saturated heterocycles. The van der Waals surface area contributed by atoms with Crippen LogP contribution in [0.1, 0.15) is 0 Å². The number of nitro groups is 1. The Morgan fingerprint density at radius 1 is 1.19 bits per heavy atom. The lowest BCUT2D eigenvalue weighted by atomic mass is 10.2. The van der Waals surface area contributed by atoms with Gasteiger partial charge in [0.2, 0.25) is 5.89 Å². The lowest BCUT2D eigenvalue weighted by molar-refractivity contribution is -0.384. The second-order valence-electron chi connectivity index (χ2n) is 4.28. The molecule has 104 valence electrons. The molecule has 0 aliphatic rings. The average molecular weight is 286 g/mol. The largest absolute Gasteiger partial charge is 0.403 e. The number of aromatic nitrogens is 1. The van der Waals surface area contributed by atoms with Crippen molar-refractivity contribution in [3.63, 3.8) is 0 Å². The van der Waals surface area contributed by atoms with E-state index in [0.29, 0.717) is 5.56 Å². The van der Waals surface area contributed by atoms with E-state index in [0.717, 1.165) is 6.07 Å². The number of hydrogen-bond donors (Lipinski definition) is 0. The van der Waals surface area contributed by atoms with E-state index in [1.54, 1.807) is 6.07 Å². The van der Waals surface area contributed by atoms with Crippen molar-refractivity contribution in [1.82, 2.24) is 4.98 Å². The molecule has 0 atom stereocenters. The first-order valence-corrected chi connectivity index (χ1v) is 5.90. The summed E-state index contributed by atoms with van der Waals surface area (Å²) in [6.45, 7) is 0. The Hall–Kier alpha value is -3.09. The van der Waals surface area contributed by atoms with E-state index in [-0.39, 0.29) is 22.5 Å². The predicted molar refractivity (Wildman–Crippen MR) is 72.3 cm³/mol. The van der Waals surface area contributed by atoms with Crippen molar-refractivity contribution in [2.24, 2.45) is 0 Å². The lowest BCUT2D eigenvalue weighted by Crippen LogP contribution is -2.03. The quantitative estimate of drug-likeness (QED) is 0.534. The molecule has 0 bridgehead atoms. The number of nitrogens with zero attached hydrogens (tertiary/aromatic N) is 2. The minimum Gasteiger partial charge on any atom is -0.403 e. The summed E-state index contributed by atoms with van der Waals surface area (Å²) >= 11 is 0. The smallest absolute Gasteiger partial charge is 0.347 e. The highest BCUT2D eigenvalue weighted by molar-refractivity contribution is 5.81. The van der Waals surface area contributed by atoms with E-state index >= 15 is 0 Å². The van der Waals surface area contributed by atoms with Crippen LogP contribution in [0.15, 0.2) is 51.7 Å². The number of nitro benzene ring substituents is 1. The SMILES string of the molecule is O=c1oc(-c2cccc(F)c2)nc2ccc([N+](=O)[O-])cc12. The maximum absolute atomic E-state index is 13.2. The molecule has 6 nitrogen and oxygen atoms in total. The van der Waals surface area contributed by atoms with E-state index in [4.69, 9.17) is 4.42 Å². The molecule has 0 saturated carbocycles. The highest BCUT2D eigenvalue weighted by Crippen LogP contribution is 2.21. The van der Waals surface area contributed by atoms with Crippen molar-refractivity contribution in [1.29, 1.82) is 0 Å². The van der Waals surface area contributed by atoms with E-state index in [1.165, 1.54) is 30.3 Å². The Balaban J connectivity index is 2.23. The fourth-order valence-corrected chi connectivity index (χ4v) is 1.92. The van der Waals surface area contributed by atoms with Gasteiger partial charge in [0.1, 0.15) is 5.82 Å². The van der Waals surface area contributed by atoms with Gasteiger partial charge in [-0.15, -0.1) is 0 Å². The van der Waals surface area contributed by atoms with Crippen LogP contribution in [0.3, 0.4) is 0 Å². The first-order chi connectivity index (χ1) is 10.0. The molecule has 3 rings (SSSR count). The van der Waals surface area contributed by atoms with Crippen LogP contribution in [0.2, 0.25) is 0 Å². The van der Waals surface area contributed by atoms with E-state index in [1.807, 2.05) is 0 Å². The third-order valence-electron chi connectivity index (χ3n) is 2.89. The molecule has 0 unspecified atom stereocenters. The van der Waals surface area contributed by atoms with Gasteiger partial charge < -0.3 is 4.42 Å². The van der Waals surface area contributed by atoms with Gasteiger partial charge in [0.05, 0.1) is 15.8 Å². The van der Waals surface area contributed by atoms with Gasteiger partial charge in [-0.2, -0.15) is 0 Å².